The van der Waals surface area contributed by atoms with E-state index in [-0.39, 0.29) is 17.6 Å². The number of thiol groups is 1. The third-order valence-corrected chi connectivity index (χ3v) is 7.13. The topological polar surface area (TPSA) is 87.7 Å². The summed E-state index contributed by atoms with van der Waals surface area (Å²) in [6.45, 7) is 13.7. The van der Waals surface area contributed by atoms with Gasteiger partial charge >= 0.3 is 6.09 Å². The van der Waals surface area contributed by atoms with E-state index >= 15 is 0 Å². The van der Waals surface area contributed by atoms with Gasteiger partial charge in [0.05, 0.1) is 0 Å². The largest absolute Gasteiger partial charge is 0.444 e. The fourth-order valence-corrected chi connectivity index (χ4v) is 4.66. The fourth-order valence-electron chi connectivity index (χ4n) is 4.41. The highest BCUT2D eigenvalue weighted by molar-refractivity contribution is 7.80. The first-order chi connectivity index (χ1) is 18.9. The molecule has 3 amide bonds. The van der Waals surface area contributed by atoms with Gasteiger partial charge in [0.15, 0.2) is 0 Å². The minimum Gasteiger partial charge on any atom is -0.444 e. The van der Waals surface area contributed by atoms with E-state index in [1.54, 1.807) is 25.7 Å². The standard InChI is InChI=1S/C32H47N3O4S/c1-8-9-10-11-14-19-35(30(37)27(21-40)34-31(38)39-32(5,6)7)28(25-18-17-22(2)24(4)20-25)29(36)33-26-16-13-12-15-23(26)3/h12-13,15-18,20,27-28,40H,8-11,14,19,21H2,1-7H3,(H,33,36)(H,34,38). The summed E-state index contributed by atoms with van der Waals surface area (Å²) >= 11 is 4.39. The number of benzene rings is 2. The average Bonchev–Trinajstić information content (AvgIpc) is 2.88. The van der Waals surface area contributed by atoms with Crippen LogP contribution in [0.4, 0.5) is 10.5 Å². The van der Waals surface area contributed by atoms with Gasteiger partial charge in [0.25, 0.3) is 5.91 Å². The van der Waals surface area contributed by atoms with Crippen molar-refractivity contribution >= 4 is 36.2 Å². The van der Waals surface area contributed by atoms with Crippen LogP contribution >= 0.6 is 12.6 Å². The molecule has 8 heteroatoms. The van der Waals surface area contributed by atoms with Crippen LogP contribution in [0.1, 0.15) is 88.1 Å². The van der Waals surface area contributed by atoms with Crippen LogP contribution < -0.4 is 10.6 Å². The lowest BCUT2D eigenvalue weighted by Crippen LogP contribution is -2.53. The van der Waals surface area contributed by atoms with Crippen LogP contribution in [0.3, 0.4) is 0 Å². The molecule has 0 spiro atoms. The summed E-state index contributed by atoms with van der Waals surface area (Å²) < 4.78 is 5.41. The van der Waals surface area contributed by atoms with Gasteiger partial charge in [0.2, 0.25) is 5.91 Å². The summed E-state index contributed by atoms with van der Waals surface area (Å²) in [6.07, 6.45) is 4.23. The lowest BCUT2D eigenvalue weighted by molar-refractivity contribution is -0.140. The number of ether oxygens (including phenoxy) is 1. The van der Waals surface area contributed by atoms with Gasteiger partial charge in [-0.2, -0.15) is 12.6 Å². The van der Waals surface area contributed by atoms with Crippen LogP contribution in [0.2, 0.25) is 0 Å². The zero-order valence-electron chi connectivity index (χ0n) is 25.2. The third-order valence-electron chi connectivity index (χ3n) is 6.77. The lowest BCUT2D eigenvalue weighted by atomic mass is 9.97. The van der Waals surface area contributed by atoms with Gasteiger partial charge in [-0.25, -0.2) is 4.79 Å². The predicted octanol–water partition coefficient (Wildman–Crippen LogP) is 6.91. The van der Waals surface area contributed by atoms with Crippen LogP contribution in [0.5, 0.6) is 0 Å². The number of anilines is 1. The quantitative estimate of drug-likeness (QED) is 0.181. The van der Waals surface area contributed by atoms with Crippen LogP contribution in [0, 0.1) is 20.8 Å². The zero-order valence-corrected chi connectivity index (χ0v) is 26.1. The Balaban J connectivity index is 2.51. The molecule has 0 aliphatic rings. The van der Waals surface area contributed by atoms with E-state index < -0.39 is 23.8 Å². The Morgan fingerprint density at radius 1 is 0.925 bits per heavy atom. The number of rotatable bonds is 13. The first-order valence-corrected chi connectivity index (χ1v) is 14.9. The van der Waals surface area contributed by atoms with Crippen molar-refractivity contribution in [2.45, 2.75) is 98.3 Å². The van der Waals surface area contributed by atoms with Crippen molar-refractivity contribution < 1.29 is 19.1 Å². The predicted molar refractivity (Wildman–Crippen MR) is 166 cm³/mol. The van der Waals surface area contributed by atoms with Crippen molar-refractivity contribution in [2.24, 2.45) is 0 Å². The molecular weight excluding hydrogens is 522 g/mol. The second kappa shape index (κ2) is 15.7. The Kier molecular flexibility index (Phi) is 13.0. The van der Waals surface area contributed by atoms with Gasteiger partial charge in [0.1, 0.15) is 17.7 Å². The number of hydrogen-bond donors (Lipinski definition) is 3. The molecule has 0 aliphatic carbocycles. The Bertz CT molecular complexity index is 1150. The van der Waals surface area contributed by atoms with E-state index in [2.05, 4.69) is 30.2 Å². The van der Waals surface area contributed by atoms with Crippen molar-refractivity contribution in [1.82, 2.24) is 10.2 Å². The summed E-state index contributed by atoms with van der Waals surface area (Å²) in [6, 6.07) is 11.5. The third kappa shape index (κ3) is 10.2. The summed E-state index contributed by atoms with van der Waals surface area (Å²) in [4.78, 5) is 42.3. The molecule has 2 rings (SSSR count). The van der Waals surface area contributed by atoms with Gasteiger partial charge in [0, 0.05) is 18.0 Å². The van der Waals surface area contributed by atoms with Gasteiger partial charge in [-0.05, 0) is 76.3 Å². The van der Waals surface area contributed by atoms with Crippen LogP contribution in [-0.2, 0) is 14.3 Å². The highest BCUT2D eigenvalue weighted by Gasteiger charge is 2.36. The van der Waals surface area contributed by atoms with Gasteiger partial charge in [-0.3, -0.25) is 9.59 Å². The number of nitrogens with one attached hydrogen (secondary N) is 2. The molecule has 0 aromatic heterocycles. The van der Waals surface area contributed by atoms with Crippen molar-refractivity contribution in [3.05, 3.63) is 64.7 Å². The molecule has 40 heavy (non-hydrogen) atoms. The number of carbonyl (C=O) groups excluding carboxylic acids is 3. The van der Waals surface area contributed by atoms with Crippen molar-refractivity contribution in [1.29, 1.82) is 0 Å². The van der Waals surface area contributed by atoms with E-state index in [1.807, 2.05) is 63.2 Å². The summed E-state index contributed by atoms with van der Waals surface area (Å²) in [5.41, 5.74) is 3.73. The molecule has 0 saturated heterocycles. The molecule has 0 saturated carbocycles. The SMILES string of the molecule is CCCCCCCN(C(=O)C(CS)NC(=O)OC(C)(C)C)C(C(=O)Nc1ccccc1C)c1ccc(C)c(C)c1. The first-order valence-electron chi connectivity index (χ1n) is 14.2. The maximum atomic E-state index is 14.1. The Morgan fingerprint density at radius 2 is 1.60 bits per heavy atom. The molecule has 2 atom stereocenters. The van der Waals surface area contributed by atoms with Gasteiger partial charge in [-0.15, -0.1) is 0 Å². The number of para-hydroxylation sites is 1. The second-order valence-corrected chi connectivity index (χ2v) is 11.7. The number of aryl methyl sites for hydroxylation is 3. The van der Waals surface area contributed by atoms with E-state index in [9.17, 15) is 14.4 Å². The fraction of sp³-hybridized carbons (Fsp3) is 0.531. The van der Waals surface area contributed by atoms with E-state index in [1.165, 1.54) is 0 Å². The first kappa shape index (κ1) is 33.2. The molecule has 2 unspecified atom stereocenters. The number of amides is 3. The van der Waals surface area contributed by atoms with Crippen LogP contribution in [-0.4, -0.2) is 46.7 Å². The number of unbranched alkanes of at least 4 members (excludes halogenated alkanes) is 4. The van der Waals surface area contributed by atoms with Crippen molar-refractivity contribution in [2.75, 3.05) is 17.6 Å². The minimum absolute atomic E-state index is 0.0590. The molecule has 0 heterocycles. The number of nitrogens with zero attached hydrogens (tertiary/aromatic N) is 1. The molecule has 2 N–H and O–H groups in total. The van der Waals surface area contributed by atoms with Crippen LogP contribution in [0.15, 0.2) is 42.5 Å². The van der Waals surface area contributed by atoms with E-state index in [0.29, 0.717) is 17.8 Å². The lowest BCUT2D eigenvalue weighted by Gasteiger charge is -2.34. The smallest absolute Gasteiger partial charge is 0.408 e. The van der Waals surface area contributed by atoms with Crippen LogP contribution in [0.25, 0.3) is 0 Å². The highest BCUT2D eigenvalue weighted by Crippen LogP contribution is 2.28. The molecule has 2 aromatic carbocycles. The number of carbonyl (C=O) groups is 3. The Labute approximate surface area is 245 Å². The molecule has 0 bridgehead atoms. The monoisotopic (exact) mass is 569 g/mol. The summed E-state index contributed by atoms with van der Waals surface area (Å²) in [5, 5.41) is 5.73. The maximum absolute atomic E-state index is 14.1. The summed E-state index contributed by atoms with van der Waals surface area (Å²) in [7, 11) is 0. The molecule has 0 radical (unpaired) electrons. The van der Waals surface area contributed by atoms with Gasteiger partial charge in [-0.1, -0.05) is 69.0 Å². The minimum atomic E-state index is -0.964. The molecule has 0 aliphatic heterocycles. The van der Waals surface area contributed by atoms with Crippen molar-refractivity contribution in [3.63, 3.8) is 0 Å². The number of alkyl carbamates (subject to hydrolysis) is 1. The molecule has 7 nitrogen and oxygen atoms in total. The molecule has 2 aromatic rings. The normalized spacial score (nSPS) is 12.8. The van der Waals surface area contributed by atoms with E-state index in [4.69, 9.17) is 4.74 Å². The number of hydrogen-bond acceptors (Lipinski definition) is 5. The van der Waals surface area contributed by atoms with Crippen molar-refractivity contribution in [3.8, 4) is 0 Å². The van der Waals surface area contributed by atoms with E-state index in [0.717, 1.165) is 48.8 Å². The Hall–Kier alpha value is -3.00. The zero-order chi connectivity index (χ0) is 29.9. The molecule has 0 fully saturated rings. The Morgan fingerprint density at radius 3 is 2.20 bits per heavy atom. The van der Waals surface area contributed by atoms with Gasteiger partial charge < -0.3 is 20.3 Å². The summed E-state index contributed by atoms with van der Waals surface area (Å²) in [5.74, 6) is -0.627. The average molecular weight is 570 g/mol. The molecular formula is C32H47N3O4S. The molecule has 220 valence electrons. The maximum Gasteiger partial charge on any atom is 0.408 e. The highest BCUT2D eigenvalue weighted by atomic mass is 32.1. The second-order valence-electron chi connectivity index (χ2n) is 11.4.